The monoisotopic (exact) mass is 476 g/mol. The molecule has 6 heteroatoms. The molecule has 0 aliphatic carbocycles. The van der Waals surface area contributed by atoms with Gasteiger partial charge in [0.1, 0.15) is 18.0 Å². The van der Waals surface area contributed by atoms with Crippen LogP contribution in [-0.2, 0) is 13.0 Å². The number of halogens is 1. The van der Waals surface area contributed by atoms with Crippen LogP contribution in [-0.4, -0.2) is 25.8 Å². The molecule has 31 heavy (non-hydrogen) atoms. The summed E-state index contributed by atoms with van der Waals surface area (Å²) < 4.78 is 2.65. The second-order valence-corrected chi connectivity index (χ2v) is 8.13. The van der Waals surface area contributed by atoms with Crippen LogP contribution in [0.4, 0.5) is 0 Å². The van der Waals surface area contributed by atoms with Gasteiger partial charge in [-0.1, -0.05) is 35.0 Å². The summed E-state index contributed by atoms with van der Waals surface area (Å²) in [6, 6.07) is 21.1. The highest BCUT2D eigenvalue weighted by Crippen LogP contribution is 2.34. The third-order valence-corrected chi connectivity index (χ3v) is 5.67. The van der Waals surface area contributed by atoms with Gasteiger partial charge in [0.25, 0.3) is 0 Å². The van der Waals surface area contributed by atoms with Crippen molar-refractivity contribution in [1.82, 2.24) is 9.78 Å². The molecule has 0 bridgehead atoms. The number of Topliss-reactive ketones (excluding diaryl/α,β-unsaturated/α-hetero) is 1. The molecule has 0 amide bonds. The molecule has 5 nitrogen and oxygen atoms in total. The molecule has 0 radical (unpaired) electrons. The standard InChI is InChI=1S/C25H21BrN2O3/c1-2-22-24(17-5-11-20(29)12-6-17)27-28(25(22)18-7-13-21(30)14-8-18)15-23(31)16-3-9-19(26)10-4-16/h3-14,29-30H,2,15H2,1H3. The van der Waals surface area contributed by atoms with E-state index in [1.807, 2.05) is 43.3 Å². The van der Waals surface area contributed by atoms with E-state index < -0.39 is 0 Å². The maximum atomic E-state index is 13.0. The first kappa shape index (κ1) is 20.9. The van der Waals surface area contributed by atoms with Crippen LogP contribution in [0.2, 0.25) is 0 Å². The summed E-state index contributed by atoms with van der Waals surface area (Å²) >= 11 is 3.40. The number of hydrogen-bond donors (Lipinski definition) is 2. The molecule has 0 aliphatic heterocycles. The van der Waals surface area contributed by atoms with Crippen LogP contribution >= 0.6 is 15.9 Å². The van der Waals surface area contributed by atoms with E-state index >= 15 is 0 Å². The third kappa shape index (κ3) is 4.39. The fourth-order valence-electron chi connectivity index (χ4n) is 3.61. The minimum atomic E-state index is -0.0464. The van der Waals surface area contributed by atoms with Gasteiger partial charge in [-0.2, -0.15) is 5.10 Å². The summed E-state index contributed by atoms with van der Waals surface area (Å²) in [4.78, 5) is 13.0. The molecule has 0 unspecified atom stereocenters. The Morgan fingerprint density at radius 2 is 1.42 bits per heavy atom. The molecule has 0 saturated carbocycles. The van der Waals surface area contributed by atoms with E-state index in [1.165, 1.54) is 0 Å². The summed E-state index contributed by atoms with van der Waals surface area (Å²) in [7, 11) is 0. The number of nitrogens with zero attached hydrogens (tertiary/aromatic N) is 2. The number of hydrogen-bond acceptors (Lipinski definition) is 4. The van der Waals surface area contributed by atoms with Crippen molar-refractivity contribution in [2.24, 2.45) is 0 Å². The van der Waals surface area contributed by atoms with Crippen LogP contribution < -0.4 is 0 Å². The lowest BCUT2D eigenvalue weighted by Gasteiger charge is -2.10. The van der Waals surface area contributed by atoms with Gasteiger partial charge in [-0.15, -0.1) is 0 Å². The van der Waals surface area contributed by atoms with Crippen LogP contribution in [0.1, 0.15) is 22.8 Å². The van der Waals surface area contributed by atoms with Crippen LogP contribution in [0.5, 0.6) is 11.5 Å². The SMILES string of the molecule is CCc1c(-c2ccc(O)cc2)nn(CC(=O)c2ccc(Br)cc2)c1-c1ccc(O)cc1. The Morgan fingerprint density at radius 3 is 1.97 bits per heavy atom. The van der Waals surface area contributed by atoms with Crippen molar-refractivity contribution in [2.45, 2.75) is 19.9 Å². The predicted octanol–water partition coefficient (Wildman–Crippen LogP) is 5.84. The first-order valence-electron chi connectivity index (χ1n) is 9.93. The molecule has 156 valence electrons. The van der Waals surface area contributed by atoms with E-state index in [9.17, 15) is 15.0 Å². The fraction of sp³-hybridized carbons (Fsp3) is 0.120. The first-order chi connectivity index (χ1) is 15.0. The molecule has 0 fully saturated rings. The van der Waals surface area contributed by atoms with Gasteiger partial charge in [0.05, 0.1) is 11.4 Å². The number of aromatic nitrogens is 2. The molecular formula is C25H21BrN2O3. The number of carbonyl (C=O) groups is 1. The summed E-state index contributed by atoms with van der Waals surface area (Å²) in [6.07, 6.45) is 0.707. The Hall–Kier alpha value is -3.38. The van der Waals surface area contributed by atoms with Gasteiger partial charge in [0.2, 0.25) is 0 Å². The van der Waals surface area contributed by atoms with E-state index in [1.54, 1.807) is 41.1 Å². The molecule has 0 saturated heterocycles. The molecule has 3 aromatic carbocycles. The molecule has 0 aliphatic rings. The van der Waals surface area contributed by atoms with Gasteiger partial charge in [-0.25, -0.2) is 0 Å². The topological polar surface area (TPSA) is 75.4 Å². The molecule has 2 N–H and O–H groups in total. The average Bonchev–Trinajstić information content (AvgIpc) is 3.13. The minimum Gasteiger partial charge on any atom is -0.508 e. The number of ketones is 1. The van der Waals surface area contributed by atoms with Gasteiger partial charge in [-0.05, 0) is 67.1 Å². The normalized spacial score (nSPS) is 10.9. The van der Waals surface area contributed by atoms with Crippen LogP contribution in [0.25, 0.3) is 22.5 Å². The van der Waals surface area contributed by atoms with Gasteiger partial charge in [0.15, 0.2) is 5.78 Å². The highest BCUT2D eigenvalue weighted by molar-refractivity contribution is 9.10. The summed E-state index contributed by atoms with van der Waals surface area (Å²) in [5, 5.41) is 24.2. The molecule has 0 atom stereocenters. The van der Waals surface area contributed by atoms with Crippen molar-refractivity contribution in [3.63, 3.8) is 0 Å². The lowest BCUT2D eigenvalue weighted by molar-refractivity contribution is 0.0968. The van der Waals surface area contributed by atoms with Crippen molar-refractivity contribution in [3.05, 3.63) is 88.4 Å². The van der Waals surface area contributed by atoms with Crippen LogP contribution in [0.15, 0.2) is 77.3 Å². The Balaban J connectivity index is 1.83. The number of benzene rings is 3. The number of carbonyl (C=O) groups excluding carboxylic acids is 1. The molecule has 4 aromatic rings. The molecule has 4 rings (SSSR count). The number of aromatic hydroxyl groups is 2. The molecule has 1 heterocycles. The van der Waals surface area contributed by atoms with Crippen molar-refractivity contribution < 1.29 is 15.0 Å². The van der Waals surface area contributed by atoms with Gasteiger partial charge in [0, 0.05) is 26.7 Å². The van der Waals surface area contributed by atoms with E-state index in [2.05, 4.69) is 15.9 Å². The second-order valence-electron chi connectivity index (χ2n) is 7.21. The first-order valence-corrected chi connectivity index (χ1v) is 10.7. The zero-order valence-electron chi connectivity index (χ0n) is 16.9. The number of rotatable bonds is 6. The Labute approximate surface area is 188 Å². The smallest absolute Gasteiger partial charge is 0.184 e. The lowest BCUT2D eigenvalue weighted by atomic mass is 9.99. The average molecular weight is 477 g/mol. The highest BCUT2D eigenvalue weighted by Gasteiger charge is 2.21. The predicted molar refractivity (Wildman–Crippen MR) is 124 cm³/mol. The third-order valence-electron chi connectivity index (χ3n) is 5.15. The Kier molecular flexibility index (Phi) is 5.91. The maximum Gasteiger partial charge on any atom is 0.184 e. The van der Waals surface area contributed by atoms with E-state index in [0.717, 1.165) is 32.6 Å². The fourth-order valence-corrected chi connectivity index (χ4v) is 3.87. The largest absolute Gasteiger partial charge is 0.508 e. The van der Waals surface area contributed by atoms with Crippen molar-refractivity contribution in [1.29, 1.82) is 0 Å². The zero-order valence-corrected chi connectivity index (χ0v) is 18.5. The van der Waals surface area contributed by atoms with Crippen LogP contribution in [0, 0.1) is 0 Å². The van der Waals surface area contributed by atoms with Crippen molar-refractivity contribution >= 4 is 21.7 Å². The number of phenolic OH excluding ortho intramolecular Hbond substituents is 2. The molecule has 1 aromatic heterocycles. The van der Waals surface area contributed by atoms with Gasteiger partial charge in [-0.3, -0.25) is 9.48 Å². The second kappa shape index (κ2) is 8.78. The number of phenols is 2. The lowest BCUT2D eigenvalue weighted by Crippen LogP contribution is -2.13. The molecule has 0 spiro atoms. The van der Waals surface area contributed by atoms with Gasteiger partial charge < -0.3 is 10.2 Å². The highest BCUT2D eigenvalue weighted by atomic mass is 79.9. The van der Waals surface area contributed by atoms with E-state index in [4.69, 9.17) is 5.10 Å². The summed E-state index contributed by atoms with van der Waals surface area (Å²) in [5.74, 6) is 0.318. The van der Waals surface area contributed by atoms with Gasteiger partial charge >= 0.3 is 0 Å². The van der Waals surface area contributed by atoms with E-state index in [0.29, 0.717) is 12.0 Å². The minimum absolute atomic E-state index is 0.0464. The zero-order chi connectivity index (χ0) is 22.0. The summed E-state index contributed by atoms with van der Waals surface area (Å²) in [5.41, 5.74) is 4.96. The van der Waals surface area contributed by atoms with Crippen molar-refractivity contribution in [3.8, 4) is 34.0 Å². The molecular weight excluding hydrogens is 456 g/mol. The Morgan fingerprint density at radius 1 is 0.871 bits per heavy atom. The maximum absolute atomic E-state index is 13.0. The van der Waals surface area contributed by atoms with Crippen molar-refractivity contribution in [2.75, 3.05) is 0 Å². The van der Waals surface area contributed by atoms with Crippen LogP contribution in [0.3, 0.4) is 0 Å². The summed E-state index contributed by atoms with van der Waals surface area (Å²) in [6.45, 7) is 2.13. The quantitative estimate of drug-likeness (QED) is 0.343. The Bertz CT molecular complexity index is 1210. The van der Waals surface area contributed by atoms with E-state index in [-0.39, 0.29) is 23.8 Å².